The van der Waals surface area contributed by atoms with Gasteiger partial charge >= 0.3 is 0 Å². The third-order valence-corrected chi connectivity index (χ3v) is 4.09. The van der Waals surface area contributed by atoms with E-state index in [4.69, 9.17) is 0 Å². The predicted molar refractivity (Wildman–Crippen MR) is 60.5 cm³/mol. The molecule has 3 heteroatoms. The summed E-state index contributed by atoms with van der Waals surface area (Å²) in [6, 6.07) is 0.417. The molecule has 0 aliphatic rings. The molecule has 0 rings (SSSR count). The average Bonchev–Trinajstić information content (AvgIpc) is 2.17. The van der Waals surface area contributed by atoms with Crippen molar-refractivity contribution in [3.8, 4) is 0 Å². The molecule has 0 saturated heterocycles. The first-order valence-corrected chi connectivity index (χ1v) is 6.66. The predicted octanol–water partition coefficient (Wildman–Crippen LogP) is 1.92. The molecule has 13 heavy (non-hydrogen) atoms. The van der Waals surface area contributed by atoms with Gasteiger partial charge in [0.2, 0.25) is 0 Å². The fourth-order valence-corrected chi connectivity index (χ4v) is 2.60. The van der Waals surface area contributed by atoms with Crippen LogP contribution < -0.4 is 5.32 Å². The van der Waals surface area contributed by atoms with E-state index in [-0.39, 0.29) is 5.25 Å². The zero-order valence-electron chi connectivity index (χ0n) is 9.30. The highest BCUT2D eigenvalue weighted by Gasteiger charge is 2.18. The van der Waals surface area contributed by atoms with E-state index in [1.165, 1.54) is 0 Å². The molecule has 3 atom stereocenters. The molecule has 0 aliphatic heterocycles. The Morgan fingerprint density at radius 2 is 1.92 bits per heavy atom. The highest BCUT2D eigenvalue weighted by molar-refractivity contribution is 7.85. The van der Waals surface area contributed by atoms with Crippen molar-refractivity contribution < 1.29 is 4.21 Å². The molecule has 0 aromatic heterocycles. The minimum atomic E-state index is -0.668. The summed E-state index contributed by atoms with van der Waals surface area (Å²) >= 11 is 0. The van der Waals surface area contributed by atoms with Gasteiger partial charge in [0.05, 0.1) is 0 Å². The zero-order valence-corrected chi connectivity index (χ0v) is 10.1. The lowest BCUT2D eigenvalue weighted by Crippen LogP contribution is -2.40. The van der Waals surface area contributed by atoms with Crippen molar-refractivity contribution in [2.45, 2.75) is 51.8 Å². The van der Waals surface area contributed by atoms with Gasteiger partial charge < -0.3 is 5.32 Å². The summed E-state index contributed by atoms with van der Waals surface area (Å²) < 4.78 is 11.5. The highest BCUT2D eigenvalue weighted by atomic mass is 32.2. The summed E-state index contributed by atoms with van der Waals surface area (Å²) in [6.45, 7) is 9.40. The van der Waals surface area contributed by atoms with Gasteiger partial charge in [0.1, 0.15) is 0 Å². The molecule has 0 spiro atoms. The van der Waals surface area contributed by atoms with Crippen LogP contribution in [0.5, 0.6) is 0 Å². The molecule has 0 aliphatic carbocycles. The van der Waals surface area contributed by atoms with E-state index < -0.39 is 10.8 Å². The van der Waals surface area contributed by atoms with Crippen LogP contribution in [0.2, 0.25) is 0 Å². The van der Waals surface area contributed by atoms with Crippen molar-refractivity contribution in [2.75, 3.05) is 12.3 Å². The maximum Gasteiger partial charge on any atom is 0.0472 e. The topological polar surface area (TPSA) is 29.1 Å². The Hall–Kier alpha value is 0.110. The Bertz CT molecular complexity index is 150. The van der Waals surface area contributed by atoms with Crippen LogP contribution in [0.25, 0.3) is 0 Å². The maximum absolute atomic E-state index is 11.5. The van der Waals surface area contributed by atoms with Gasteiger partial charge in [-0.2, -0.15) is 0 Å². The van der Waals surface area contributed by atoms with Crippen LogP contribution in [-0.4, -0.2) is 27.8 Å². The standard InChI is InChI=1S/C10H23NOS/c1-5-8-11-10(6-2)9(4)13(12)7-3/h9-11H,5-8H2,1-4H3. The van der Waals surface area contributed by atoms with Crippen LogP contribution in [0.15, 0.2) is 0 Å². The van der Waals surface area contributed by atoms with Gasteiger partial charge in [0, 0.05) is 27.8 Å². The summed E-state index contributed by atoms with van der Waals surface area (Å²) in [6.07, 6.45) is 2.20. The molecule has 0 heterocycles. The molecule has 3 unspecified atom stereocenters. The van der Waals surface area contributed by atoms with E-state index in [2.05, 4.69) is 26.1 Å². The molecular formula is C10H23NOS. The Kier molecular flexibility index (Phi) is 7.57. The summed E-state index contributed by atoms with van der Waals surface area (Å²) in [4.78, 5) is 0. The average molecular weight is 205 g/mol. The Morgan fingerprint density at radius 1 is 1.31 bits per heavy atom. The monoisotopic (exact) mass is 205 g/mol. The molecule has 0 aromatic rings. The SMILES string of the molecule is CCCNC(CC)C(C)S(=O)CC. The smallest absolute Gasteiger partial charge is 0.0472 e. The molecule has 2 nitrogen and oxygen atoms in total. The van der Waals surface area contributed by atoms with Crippen molar-refractivity contribution in [1.29, 1.82) is 0 Å². The summed E-state index contributed by atoms with van der Waals surface area (Å²) in [7, 11) is -0.668. The minimum absolute atomic E-state index is 0.279. The summed E-state index contributed by atoms with van der Waals surface area (Å²) in [5, 5.41) is 3.72. The first kappa shape index (κ1) is 13.1. The highest BCUT2D eigenvalue weighted by Crippen LogP contribution is 2.06. The minimum Gasteiger partial charge on any atom is -0.313 e. The van der Waals surface area contributed by atoms with Crippen molar-refractivity contribution in [3.05, 3.63) is 0 Å². The van der Waals surface area contributed by atoms with Gasteiger partial charge in [0.25, 0.3) is 0 Å². The van der Waals surface area contributed by atoms with Gasteiger partial charge in [-0.15, -0.1) is 0 Å². The lowest BCUT2D eigenvalue weighted by molar-refractivity contribution is 0.486. The number of rotatable bonds is 7. The van der Waals surface area contributed by atoms with Crippen molar-refractivity contribution in [2.24, 2.45) is 0 Å². The Balaban J connectivity index is 3.98. The fourth-order valence-electron chi connectivity index (χ4n) is 1.42. The van der Waals surface area contributed by atoms with E-state index in [0.29, 0.717) is 6.04 Å². The van der Waals surface area contributed by atoms with E-state index in [0.717, 1.165) is 25.1 Å². The van der Waals surface area contributed by atoms with Gasteiger partial charge in [0.15, 0.2) is 0 Å². The van der Waals surface area contributed by atoms with E-state index in [1.807, 2.05) is 6.92 Å². The van der Waals surface area contributed by atoms with E-state index in [1.54, 1.807) is 0 Å². The van der Waals surface area contributed by atoms with Gasteiger partial charge in [-0.3, -0.25) is 4.21 Å². The third-order valence-electron chi connectivity index (χ3n) is 2.36. The van der Waals surface area contributed by atoms with Gasteiger partial charge in [-0.05, 0) is 26.3 Å². The number of hydrogen-bond acceptors (Lipinski definition) is 2. The van der Waals surface area contributed by atoms with Crippen LogP contribution >= 0.6 is 0 Å². The maximum atomic E-state index is 11.5. The lowest BCUT2D eigenvalue weighted by atomic mass is 10.1. The molecule has 0 fully saturated rings. The van der Waals surface area contributed by atoms with Crippen LogP contribution in [0.4, 0.5) is 0 Å². The van der Waals surface area contributed by atoms with Crippen LogP contribution in [0, 0.1) is 0 Å². The van der Waals surface area contributed by atoms with Crippen LogP contribution in [-0.2, 0) is 10.8 Å². The Morgan fingerprint density at radius 3 is 2.31 bits per heavy atom. The molecule has 1 N–H and O–H groups in total. The molecule has 80 valence electrons. The third kappa shape index (κ3) is 4.77. The Labute approximate surface area is 84.9 Å². The first-order chi connectivity index (χ1) is 6.17. The van der Waals surface area contributed by atoms with E-state index >= 15 is 0 Å². The molecule has 0 saturated carbocycles. The van der Waals surface area contributed by atoms with Crippen molar-refractivity contribution in [1.82, 2.24) is 5.32 Å². The fraction of sp³-hybridized carbons (Fsp3) is 1.00. The van der Waals surface area contributed by atoms with Crippen molar-refractivity contribution in [3.63, 3.8) is 0 Å². The lowest BCUT2D eigenvalue weighted by Gasteiger charge is -2.22. The molecule has 0 amide bonds. The first-order valence-electron chi connectivity index (χ1n) is 5.27. The number of hydrogen-bond donors (Lipinski definition) is 1. The van der Waals surface area contributed by atoms with Gasteiger partial charge in [-0.1, -0.05) is 20.8 Å². The summed E-state index contributed by atoms with van der Waals surface area (Å²) in [5.41, 5.74) is 0. The normalized spacial score (nSPS) is 18.2. The number of nitrogens with one attached hydrogen (secondary N) is 1. The molecule has 0 radical (unpaired) electrons. The molecular weight excluding hydrogens is 182 g/mol. The van der Waals surface area contributed by atoms with Crippen LogP contribution in [0.1, 0.15) is 40.5 Å². The summed E-state index contributed by atoms with van der Waals surface area (Å²) in [5.74, 6) is 0.769. The molecule has 0 aromatic carbocycles. The molecule has 0 bridgehead atoms. The van der Waals surface area contributed by atoms with Crippen molar-refractivity contribution >= 4 is 10.8 Å². The largest absolute Gasteiger partial charge is 0.313 e. The second-order valence-corrected chi connectivity index (χ2v) is 5.43. The van der Waals surface area contributed by atoms with Gasteiger partial charge in [-0.25, -0.2) is 0 Å². The quantitative estimate of drug-likeness (QED) is 0.688. The second kappa shape index (κ2) is 7.51. The van der Waals surface area contributed by atoms with Crippen LogP contribution in [0.3, 0.4) is 0 Å². The van der Waals surface area contributed by atoms with E-state index in [9.17, 15) is 4.21 Å². The zero-order chi connectivity index (χ0) is 10.3. The second-order valence-electron chi connectivity index (χ2n) is 3.34.